The molecule has 0 saturated heterocycles. The van der Waals surface area contributed by atoms with Crippen LogP contribution in [0, 0.1) is 0 Å². The summed E-state index contributed by atoms with van der Waals surface area (Å²) >= 11 is 0. The SMILES string of the molecule is CC/C(C)=C\CCC(C)(C)O. The molecule has 0 aliphatic carbocycles. The molecule has 11 heavy (non-hydrogen) atoms. The predicted molar refractivity (Wildman–Crippen MR) is 49.6 cm³/mol. The first-order valence-electron chi connectivity index (χ1n) is 4.33. The van der Waals surface area contributed by atoms with Crippen molar-refractivity contribution >= 4 is 0 Å². The quantitative estimate of drug-likeness (QED) is 0.620. The summed E-state index contributed by atoms with van der Waals surface area (Å²) in [6, 6.07) is 0. The fraction of sp³-hybridized carbons (Fsp3) is 0.800. The molecule has 0 amide bonds. The van der Waals surface area contributed by atoms with E-state index in [0.717, 1.165) is 19.3 Å². The van der Waals surface area contributed by atoms with Crippen molar-refractivity contribution in [3.63, 3.8) is 0 Å². The molecule has 0 rings (SSSR count). The molecule has 0 fully saturated rings. The topological polar surface area (TPSA) is 20.2 Å². The Morgan fingerprint density at radius 2 is 2.00 bits per heavy atom. The third-order valence-corrected chi connectivity index (χ3v) is 1.81. The van der Waals surface area contributed by atoms with Crippen molar-refractivity contribution in [2.24, 2.45) is 0 Å². The Kier molecular flexibility index (Phi) is 4.43. The number of allylic oxidation sites excluding steroid dienone is 2. The zero-order valence-electron chi connectivity index (χ0n) is 8.15. The molecule has 0 bridgehead atoms. The van der Waals surface area contributed by atoms with Gasteiger partial charge < -0.3 is 5.11 Å². The molecule has 1 nitrogen and oxygen atoms in total. The van der Waals surface area contributed by atoms with Gasteiger partial charge >= 0.3 is 0 Å². The van der Waals surface area contributed by atoms with Gasteiger partial charge in [-0.3, -0.25) is 0 Å². The molecule has 0 heterocycles. The van der Waals surface area contributed by atoms with E-state index in [2.05, 4.69) is 19.9 Å². The summed E-state index contributed by atoms with van der Waals surface area (Å²) in [5.74, 6) is 0. The zero-order valence-corrected chi connectivity index (χ0v) is 8.15. The second-order valence-electron chi connectivity index (χ2n) is 3.76. The highest BCUT2D eigenvalue weighted by molar-refractivity contribution is 4.96. The highest BCUT2D eigenvalue weighted by atomic mass is 16.3. The molecule has 0 spiro atoms. The number of hydrogen-bond donors (Lipinski definition) is 1. The standard InChI is InChI=1S/C10H20O/c1-5-9(2)7-6-8-10(3,4)11/h7,11H,5-6,8H2,1-4H3/b9-7-. The minimum Gasteiger partial charge on any atom is -0.390 e. The maximum absolute atomic E-state index is 9.37. The van der Waals surface area contributed by atoms with Gasteiger partial charge in [-0.15, -0.1) is 0 Å². The first-order valence-corrected chi connectivity index (χ1v) is 4.33. The second kappa shape index (κ2) is 4.55. The molecule has 0 atom stereocenters. The van der Waals surface area contributed by atoms with Gasteiger partial charge in [-0.2, -0.15) is 0 Å². The first-order chi connectivity index (χ1) is 4.95. The van der Waals surface area contributed by atoms with Crippen LogP contribution >= 0.6 is 0 Å². The van der Waals surface area contributed by atoms with Gasteiger partial charge in [-0.1, -0.05) is 18.6 Å². The van der Waals surface area contributed by atoms with Crippen LogP contribution in [0.3, 0.4) is 0 Å². The van der Waals surface area contributed by atoms with E-state index in [0.29, 0.717) is 0 Å². The van der Waals surface area contributed by atoms with Crippen LogP contribution in [0.5, 0.6) is 0 Å². The van der Waals surface area contributed by atoms with Gasteiger partial charge in [-0.25, -0.2) is 0 Å². The third kappa shape index (κ3) is 7.60. The predicted octanol–water partition coefficient (Wildman–Crippen LogP) is 2.89. The Morgan fingerprint density at radius 1 is 1.45 bits per heavy atom. The largest absolute Gasteiger partial charge is 0.390 e. The Morgan fingerprint density at radius 3 is 2.36 bits per heavy atom. The molecule has 0 aromatic rings. The molecule has 0 radical (unpaired) electrons. The maximum Gasteiger partial charge on any atom is 0.0594 e. The lowest BCUT2D eigenvalue weighted by Crippen LogP contribution is -2.17. The third-order valence-electron chi connectivity index (χ3n) is 1.81. The van der Waals surface area contributed by atoms with Crippen molar-refractivity contribution in [3.8, 4) is 0 Å². The van der Waals surface area contributed by atoms with Gasteiger partial charge in [0.15, 0.2) is 0 Å². The van der Waals surface area contributed by atoms with E-state index < -0.39 is 5.60 Å². The average Bonchev–Trinajstić information content (AvgIpc) is 1.85. The van der Waals surface area contributed by atoms with Gasteiger partial charge in [-0.05, 0) is 40.0 Å². The van der Waals surface area contributed by atoms with E-state index in [-0.39, 0.29) is 0 Å². The van der Waals surface area contributed by atoms with Crippen molar-refractivity contribution in [1.29, 1.82) is 0 Å². The Bertz CT molecular complexity index is 128. The van der Waals surface area contributed by atoms with E-state index in [9.17, 15) is 5.11 Å². The van der Waals surface area contributed by atoms with Crippen LogP contribution < -0.4 is 0 Å². The zero-order chi connectivity index (χ0) is 8.91. The summed E-state index contributed by atoms with van der Waals surface area (Å²) < 4.78 is 0. The summed E-state index contributed by atoms with van der Waals surface area (Å²) in [4.78, 5) is 0. The van der Waals surface area contributed by atoms with Crippen LogP contribution in [0.15, 0.2) is 11.6 Å². The van der Waals surface area contributed by atoms with Gasteiger partial charge in [0, 0.05) is 0 Å². The van der Waals surface area contributed by atoms with Crippen molar-refractivity contribution in [3.05, 3.63) is 11.6 Å². The summed E-state index contributed by atoms with van der Waals surface area (Å²) in [5.41, 5.74) is 0.902. The monoisotopic (exact) mass is 156 g/mol. The first kappa shape index (κ1) is 10.7. The molecule has 0 unspecified atom stereocenters. The van der Waals surface area contributed by atoms with Gasteiger partial charge in [0.2, 0.25) is 0 Å². The number of aliphatic hydroxyl groups is 1. The van der Waals surface area contributed by atoms with E-state index >= 15 is 0 Å². The fourth-order valence-corrected chi connectivity index (χ4v) is 0.816. The normalized spacial score (nSPS) is 13.7. The van der Waals surface area contributed by atoms with Gasteiger partial charge in [0.05, 0.1) is 5.60 Å². The van der Waals surface area contributed by atoms with Crippen molar-refractivity contribution in [2.45, 2.75) is 52.6 Å². The minimum atomic E-state index is -0.509. The Balaban J connectivity index is 3.57. The minimum absolute atomic E-state index is 0.509. The van der Waals surface area contributed by atoms with Crippen molar-refractivity contribution < 1.29 is 5.11 Å². The summed E-state index contributed by atoms with van der Waals surface area (Å²) in [6.07, 6.45) is 5.16. The molecular formula is C10H20O. The smallest absolute Gasteiger partial charge is 0.0594 e. The summed E-state index contributed by atoms with van der Waals surface area (Å²) in [6.45, 7) is 7.98. The highest BCUT2D eigenvalue weighted by Crippen LogP contribution is 2.12. The Hall–Kier alpha value is -0.300. The molecule has 0 saturated carbocycles. The van der Waals surface area contributed by atoms with Crippen LogP contribution in [0.4, 0.5) is 0 Å². The van der Waals surface area contributed by atoms with Crippen LogP contribution in [0.2, 0.25) is 0 Å². The van der Waals surface area contributed by atoms with Crippen LogP contribution in [-0.2, 0) is 0 Å². The van der Waals surface area contributed by atoms with E-state index in [1.165, 1.54) is 5.57 Å². The summed E-state index contributed by atoms with van der Waals surface area (Å²) in [7, 11) is 0. The van der Waals surface area contributed by atoms with Gasteiger partial charge in [0.25, 0.3) is 0 Å². The Labute approximate surface area is 70.1 Å². The van der Waals surface area contributed by atoms with Crippen LogP contribution in [0.25, 0.3) is 0 Å². The molecular weight excluding hydrogens is 136 g/mol. The maximum atomic E-state index is 9.37. The van der Waals surface area contributed by atoms with Crippen molar-refractivity contribution in [2.75, 3.05) is 0 Å². The number of hydrogen-bond acceptors (Lipinski definition) is 1. The highest BCUT2D eigenvalue weighted by Gasteiger charge is 2.09. The molecule has 1 heteroatoms. The molecule has 66 valence electrons. The summed E-state index contributed by atoms with van der Waals surface area (Å²) in [5, 5.41) is 9.37. The molecule has 0 aliphatic heterocycles. The lowest BCUT2D eigenvalue weighted by atomic mass is 10.0. The van der Waals surface area contributed by atoms with Crippen LogP contribution in [0.1, 0.15) is 47.0 Å². The second-order valence-corrected chi connectivity index (χ2v) is 3.76. The van der Waals surface area contributed by atoms with E-state index in [1.807, 2.05) is 13.8 Å². The fourth-order valence-electron chi connectivity index (χ4n) is 0.816. The van der Waals surface area contributed by atoms with Gasteiger partial charge in [0.1, 0.15) is 0 Å². The average molecular weight is 156 g/mol. The van der Waals surface area contributed by atoms with Crippen molar-refractivity contribution in [1.82, 2.24) is 0 Å². The van der Waals surface area contributed by atoms with E-state index in [4.69, 9.17) is 0 Å². The number of rotatable bonds is 4. The molecule has 0 aromatic heterocycles. The van der Waals surface area contributed by atoms with Crippen LogP contribution in [-0.4, -0.2) is 10.7 Å². The van der Waals surface area contributed by atoms with E-state index in [1.54, 1.807) is 0 Å². The lowest BCUT2D eigenvalue weighted by Gasteiger charge is -2.15. The molecule has 0 aliphatic rings. The molecule has 1 N–H and O–H groups in total. The molecule has 0 aromatic carbocycles. The lowest BCUT2D eigenvalue weighted by molar-refractivity contribution is 0.0721.